The topological polar surface area (TPSA) is 8.17 Å². The monoisotopic (exact) mass is 674 g/mol. The summed E-state index contributed by atoms with van der Waals surface area (Å²) in [6.07, 6.45) is 0. The van der Waals surface area contributed by atoms with Crippen molar-refractivity contribution < 1.29 is 0 Å². The van der Waals surface area contributed by atoms with Crippen LogP contribution in [0.2, 0.25) is 0 Å². The minimum absolute atomic E-state index is 0.662. The summed E-state index contributed by atoms with van der Waals surface area (Å²) in [4.78, 5) is 2.42. The summed E-state index contributed by atoms with van der Waals surface area (Å²) in [7, 11) is 0. The number of nitrogens with zero attached hydrogens (tertiary/aromatic N) is 2. The van der Waals surface area contributed by atoms with Gasteiger partial charge in [-0.05, 0) is 80.4 Å². The molecule has 0 saturated heterocycles. The fourth-order valence-corrected chi connectivity index (χ4v) is 9.27. The van der Waals surface area contributed by atoms with Crippen molar-refractivity contribution in [1.29, 1.82) is 0 Å². The third kappa shape index (κ3) is 4.21. The molecule has 0 spiro atoms. The minimum Gasteiger partial charge on any atom is -0.322 e. The van der Waals surface area contributed by atoms with Crippen LogP contribution in [0.15, 0.2) is 206 Å². The van der Waals surface area contributed by atoms with E-state index < -0.39 is 5.54 Å². The molecule has 1 aromatic heterocycles. The maximum atomic E-state index is 2.67. The highest BCUT2D eigenvalue weighted by Gasteiger charge is 2.48. The molecule has 11 rings (SSSR count). The predicted octanol–water partition coefficient (Wildman–Crippen LogP) is 13.4. The zero-order chi connectivity index (χ0) is 34.9. The van der Waals surface area contributed by atoms with Crippen LogP contribution in [-0.2, 0) is 5.54 Å². The van der Waals surface area contributed by atoms with E-state index in [2.05, 4.69) is 216 Å². The molecular formula is C51H34N2. The molecule has 248 valence electrons. The molecular weight excluding hydrogens is 641 g/mol. The SMILES string of the molecule is c1ccc(N(c2ccc3c4ccccc4n(C4(c5cccc6ccccc56)c5ccccc5-c5ccccc54)c3c2)c2cccc3ccccc23)cc1. The molecule has 0 atom stereocenters. The van der Waals surface area contributed by atoms with Crippen LogP contribution in [0.3, 0.4) is 0 Å². The van der Waals surface area contributed by atoms with Crippen molar-refractivity contribution in [2.24, 2.45) is 0 Å². The first kappa shape index (κ1) is 29.8. The summed E-state index contributed by atoms with van der Waals surface area (Å²) >= 11 is 0. The van der Waals surface area contributed by atoms with Gasteiger partial charge in [0.1, 0.15) is 5.54 Å². The molecule has 0 saturated carbocycles. The second-order valence-electron chi connectivity index (χ2n) is 14.1. The van der Waals surface area contributed by atoms with Crippen LogP contribution >= 0.6 is 0 Å². The highest BCUT2D eigenvalue weighted by molar-refractivity contribution is 6.11. The normalized spacial score (nSPS) is 13.1. The van der Waals surface area contributed by atoms with Crippen molar-refractivity contribution in [1.82, 2.24) is 4.57 Å². The number of rotatable bonds is 5. The molecule has 0 radical (unpaired) electrons. The lowest BCUT2D eigenvalue weighted by Crippen LogP contribution is -2.36. The van der Waals surface area contributed by atoms with E-state index in [-0.39, 0.29) is 0 Å². The van der Waals surface area contributed by atoms with Gasteiger partial charge in [-0.15, -0.1) is 0 Å². The van der Waals surface area contributed by atoms with Gasteiger partial charge in [0.05, 0.1) is 16.7 Å². The fraction of sp³-hybridized carbons (Fsp3) is 0.0196. The minimum atomic E-state index is -0.662. The molecule has 53 heavy (non-hydrogen) atoms. The molecule has 9 aromatic carbocycles. The van der Waals surface area contributed by atoms with E-state index >= 15 is 0 Å². The van der Waals surface area contributed by atoms with E-state index in [1.807, 2.05) is 0 Å². The van der Waals surface area contributed by atoms with Crippen LogP contribution in [0, 0.1) is 0 Å². The molecule has 10 aromatic rings. The lowest BCUT2D eigenvalue weighted by molar-refractivity contribution is 0.568. The second-order valence-corrected chi connectivity index (χ2v) is 14.1. The van der Waals surface area contributed by atoms with Gasteiger partial charge in [-0.1, -0.05) is 170 Å². The molecule has 1 aliphatic rings. The number of fused-ring (bicyclic) bond motifs is 8. The molecule has 0 fully saturated rings. The Morgan fingerprint density at radius 3 is 1.62 bits per heavy atom. The van der Waals surface area contributed by atoms with Gasteiger partial charge in [-0.25, -0.2) is 0 Å². The Kier molecular flexibility index (Phi) is 6.50. The third-order valence-electron chi connectivity index (χ3n) is 11.4. The Labute approximate surface area is 308 Å². The number of para-hydroxylation sites is 2. The van der Waals surface area contributed by atoms with Crippen LogP contribution in [0.25, 0.3) is 54.5 Å². The average molecular weight is 675 g/mol. The highest BCUT2D eigenvalue weighted by Crippen LogP contribution is 2.57. The average Bonchev–Trinajstić information content (AvgIpc) is 3.71. The molecule has 0 amide bonds. The molecule has 0 N–H and O–H groups in total. The van der Waals surface area contributed by atoms with E-state index in [1.54, 1.807) is 0 Å². The van der Waals surface area contributed by atoms with Gasteiger partial charge in [0, 0.05) is 27.5 Å². The predicted molar refractivity (Wildman–Crippen MR) is 223 cm³/mol. The van der Waals surface area contributed by atoms with Crippen molar-refractivity contribution in [3.63, 3.8) is 0 Å². The van der Waals surface area contributed by atoms with Crippen molar-refractivity contribution in [3.8, 4) is 11.1 Å². The Hall–Kier alpha value is -6.90. The summed E-state index contributed by atoms with van der Waals surface area (Å²) in [6.45, 7) is 0. The Morgan fingerprint density at radius 1 is 0.340 bits per heavy atom. The Balaban J connectivity index is 1.31. The third-order valence-corrected chi connectivity index (χ3v) is 11.4. The van der Waals surface area contributed by atoms with Gasteiger partial charge in [0.2, 0.25) is 0 Å². The zero-order valence-corrected chi connectivity index (χ0v) is 29.0. The first-order chi connectivity index (χ1) is 26.3. The maximum absolute atomic E-state index is 2.67. The van der Waals surface area contributed by atoms with Crippen molar-refractivity contribution >= 4 is 60.4 Å². The van der Waals surface area contributed by atoms with E-state index in [0.717, 1.165) is 17.1 Å². The van der Waals surface area contributed by atoms with Crippen LogP contribution in [0.5, 0.6) is 0 Å². The number of aromatic nitrogens is 1. The first-order valence-electron chi connectivity index (χ1n) is 18.4. The lowest BCUT2D eigenvalue weighted by atomic mass is 9.77. The van der Waals surface area contributed by atoms with Gasteiger partial charge < -0.3 is 9.47 Å². The Bertz CT molecular complexity index is 2970. The van der Waals surface area contributed by atoms with Crippen molar-refractivity contribution in [2.45, 2.75) is 5.54 Å². The van der Waals surface area contributed by atoms with Gasteiger partial charge in [0.15, 0.2) is 0 Å². The van der Waals surface area contributed by atoms with Crippen LogP contribution in [-0.4, -0.2) is 4.57 Å². The first-order valence-corrected chi connectivity index (χ1v) is 18.4. The van der Waals surface area contributed by atoms with Crippen LogP contribution in [0.4, 0.5) is 17.1 Å². The second kappa shape index (κ2) is 11.6. The molecule has 1 aliphatic carbocycles. The quantitative estimate of drug-likeness (QED) is 0.176. The van der Waals surface area contributed by atoms with Crippen LogP contribution in [0.1, 0.15) is 16.7 Å². The maximum Gasteiger partial charge on any atom is 0.123 e. The van der Waals surface area contributed by atoms with Crippen molar-refractivity contribution in [3.05, 3.63) is 223 Å². The largest absolute Gasteiger partial charge is 0.322 e. The zero-order valence-electron chi connectivity index (χ0n) is 29.0. The molecule has 2 nitrogen and oxygen atoms in total. The number of benzene rings is 9. The molecule has 2 heteroatoms. The smallest absolute Gasteiger partial charge is 0.123 e. The Morgan fingerprint density at radius 2 is 0.868 bits per heavy atom. The van der Waals surface area contributed by atoms with Crippen LogP contribution < -0.4 is 4.90 Å². The van der Waals surface area contributed by atoms with E-state index in [9.17, 15) is 0 Å². The summed E-state index contributed by atoms with van der Waals surface area (Å²) in [5.74, 6) is 0. The highest BCUT2D eigenvalue weighted by atomic mass is 15.2. The molecule has 0 bridgehead atoms. The van der Waals surface area contributed by atoms with Gasteiger partial charge in [-0.2, -0.15) is 0 Å². The van der Waals surface area contributed by atoms with E-state index in [1.165, 1.54) is 71.2 Å². The van der Waals surface area contributed by atoms with E-state index in [4.69, 9.17) is 0 Å². The number of hydrogen-bond donors (Lipinski definition) is 0. The molecule has 0 unspecified atom stereocenters. The molecule has 0 aliphatic heterocycles. The van der Waals surface area contributed by atoms with Crippen molar-refractivity contribution in [2.75, 3.05) is 4.90 Å². The lowest BCUT2D eigenvalue weighted by Gasteiger charge is -2.37. The van der Waals surface area contributed by atoms with E-state index in [0.29, 0.717) is 0 Å². The number of hydrogen-bond acceptors (Lipinski definition) is 1. The summed E-state index contributed by atoms with van der Waals surface area (Å²) in [5.41, 5.74) is 11.5. The van der Waals surface area contributed by atoms with Gasteiger partial charge in [-0.3, -0.25) is 0 Å². The fourth-order valence-electron chi connectivity index (χ4n) is 9.27. The van der Waals surface area contributed by atoms with Gasteiger partial charge >= 0.3 is 0 Å². The summed E-state index contributed by atoms with van der Waals surface area (Å²) < 4.78 is 2.67. The summed E-state index contributed by atoms with van der Waals surface area (Å²) in [5, 5.41) is 7.40. The standard InChI is InChI=1S/C51H34N2/c1-2-20-37(21-3-1)52(48-31-15-19-36-17-5-7-23-40(36)48)38-32-33-44-43-26-10-13-30-49(43)53(50(44)34-38)51(45-29-14-18-35-16-4-6-22-39(35)45)46-27-11-8-24-41(46)42-25-9-12-28-47(42)51/h1-34H. The number of anilines is 3. The molecule has 1 heterocycles. The summed E-state index contributed by atoms with van der Waals surface area (Å²) in [6, 6.07) is 75.9. The van der Waals surface area contributed by atoms with Gasteiger partial charge in [0.25, 0.3) is 0 Å².